The molecule has 0 bridgehead atoms. The molecule has 0 saturated carbocycles. The smallest absolute Gasteiger partial charge is 0.462 e. The molecule has 0 rings (SSSR count). The predicted molar refractivity (Wildman–Crippen MR) is 391 cm³/mol. The van der Waals surface area contributed by atoms with Crippen molar-refractivity contribution in [3.8, 4) is 0 Å². The number of rotatable bonds is 74. The number of hydrogen-bond acceptors (Lipinski definition) is 15. The molecular formula is C77H150O17P2. The average molecular weight is 1410 g/mol. The molecule has 0 aliphatic rings. The van der Waals surface area contributed by atoms with Crippen molar-refractivity contribution in [2.45, 2.75) is 408 Å². The largest absolute Gasteiger partial charge is 0.472 e. The maximum atomic E-state index is 13.1. The molecule has 0 aromatic rings. The zero-order valence-corrected chi connectivity index (χ0v) is 64.8. The lowest BCUT2D eigenvalue weighted by molar-refractivity contribution is -0.161. The number of esters is 4. The van der Waals surface area contributed by atoms with Gasteiger partial charge in [-0.25, -0.2) is 9.13 Å². The number of aliphatic hydroxyl groups is 1. The highest BCUT2D eigenvalue weighted by Gasteiger charge is 2.30. The van der Waals surface area contributed by atoms with Gasteiger partial charge in [-0.3, -0.25) is 37.3 Å². The lowest BCUT2D eigenvalue weighted by Crippen LogP contribution is -2.30. The second-order valence-corrected chi connectivity index (χ2v) is 32.3. The van der Waals surface area contributed by atoms with Crippen molar-refractivity contribution in [2.24, 2.45) is 23.7 Å². The summed E-state index contributed by atoms with van der Waals surface area (Å²) in [5.41, 5.74) is 0. The van der Waals surface area contributed by atoms with E-state index in [4.69, 9.17) is 37.0 Å². The highest BCUT2D eigenvalue weighted by Crippen LogP contribution is 2.45. The fourth-order valence-electron chi connectivity index (χ4n) is 11.7. The molecule has 0 aliphatic heterocycles. The summed E-state index contributed by atoms with van der Waals surface area (Å²) in [6, 6.07) is 0. The van der Waals surface area contributed by atoms with E-state index in [-0.39, 0.29) is 25.7 Å². The minimum Gasteiger partial charge on any atom is -0.462 e. The summed E-state index contributed by atoms with van der Waals surface area (Å²) in [7, 11) is -9.91. The van der Waals surface area contributed by atoms with Crippen molar-refractivity contribution in [1.29, 1.82) is 0 Å². The maximum absolute atomic E-state index is 13.1. The van der Waals surface area contributed by atoms with Crippen LogP contribution < -0.4 is 0 Å². The van der Waals surface area contributed by atoms with Crippen molar-refractivity contribution in [1.82, 2.24) is 0 Å². The topological polar surface area (TPSA) is 237 Å². The van der Waals surface area contributed by atoms with Crippen LogP contribution in [0.5, 0.6) is 0 Å². The Balaban J connectivity index is 5.20. The van der Waals surface area contributed by atoms with Gasteiger partial charge in [0.1, 0.15) is 19.3 Å². The number of carbonyl (C=O) groups excluding carboxylic acids is 4. The summed E-state index contributed by atoms with van der Waals surface area (Å²) >= 11 is 0. The van der Waals surface area contributed by atoms with Gasteiger partial charge < -0.3 is 33.8 Å². The first-order chi connectivity index (χ1) is 46.1. The number of phosphoric acid groups is 2. The van der Waals surface area contributed by atoms with E-state index in [1.54, 1.807) is 0 Å². The molecule has 19 heteroatoms. The first-order valence-corrected chi connectivity index (χ1v) is 42.7. The molecule has 4 unspecified atom stereocenters. The van der Waals surface area contributed by atoms with Crippen LogP contribution in [0.1, 0.15) is 389 Å². The summed E-state index contributed by atoms with van der Waals surface area (Å²) in [6.07, 6.45) is 51.5. The van der Waals surface area contributed by atoms with Gasteiger partial charge in [0, 0.05) is 25.7 Å². The molecule has 3 N–H and O–H groups in total. The van der Waals surface area contributed by atoms with Crippen molar-refractivity contribution >= 4 is 39.5 Å². The van der Waals surface area contributed by atoms with Gasteiger partial charge in [-0.1, -0.05) is 338 Å². The Morgan fingerprint density at radius 3 is 0.740 bits per heavy atom. The van der Waals surface area contributed by atoms with Gasteiger partial charge in [-0.05, 0) is 49.4 Å². The van der Waals surface area contributed by atoms with Crippen LogP contribution in [-0.2, 0) is 65.4 Å². The van der Waals surface area contributed by atoms with Crippen LogP contribution in [0.4, 0.5) is 0 Å². The minimum absolute atomic E-state index is 0.105. The van der Waals surface area contributed by atoms with E-state index in [1.165, 1.54) is 186 Å². The van der Waals surface area contributed by atoms with E-state index in [0.717, 1.165) is 114 Å². The standard InChI is InChI=1S/C77H150O17P2/c1-9-70(8)56-48-40-32-23-20-21-25-35-44-52-60-77(82)94-73(64-88-75(80)58-50-42-36-28-31-39-47-55-69(6)7)66-92-96(85,86)90-62-71(78)61-89-95(83,84)91-65-72(63-87-74(79)57-49-41-33-27-26-30-38-46-54-68(4)5)93-76(81)59-51-43-34-24-19-17-15-13-11-10-12-14-16-18-22-29-37-45-53-67(2)3/h67-73,78H,9-66H2,1-8H3,(H,83,84)(H,85,86)/t70?,71?,72-,73-/m1/s1. The second-order valence-electron chi connectivity index (χ2n) is 29.4. The van der Waals surface area contributed by atoms with E-state index in [1.807, 2.05) is 0 Å². The van der Waals surface area contributed by atoms with E-state index in [2.05, 4.69) is 55.4 Å². The summed E-state index contributed by atoms with van der Waals surface area (Å²) in [4.78, 5) is 72.8. The van der Waals surface area contributed by atoms with Crippen LogP contribution in [-0.4, -0.2) is 96.7 Å². The van der Waals surface area contributed by atoms with Gasteiger partial charge in [0.05, 0.1) is 26.4 Å². The molecule has 0 radical (unpaired) electrons. The Morgan fingerprint density at radius 2 is 0.500 bits per heavy atom. The molecular weight excluding hydrogens is 1260 g/mol. The molecule has 0 fully saturated rings. The van der Waals surface area contributed by atoms with Gasteiger partial charge in [0.15, 0.2) is 12.2 Å². The van der Waals surface area contributed by atoms with Crippen LogP contribution >= 0.6 is 15.6 Å². The second kappa shape index (κ2) is 66.3. The Morgan fingerprint density at radius 1 is 0.292 bits per heavy atom. The van der Waals surface area contributed by atoms with Gasteiger partial charge in [-0.15, -0.1) is 0 Å². The zero-order valence-electron chi connectivity index (χ0n) is 63.0. The predicted octanol–water partition coefficient (Wildman–Crippen LogP) is 22.4. The van der Waals surface area contributed by atoms with Crippen molar-refractivity contribution in [3.05, 3.63) is 0 Å². The van der Waals surface area contributed by atoms with E-state index >= 15 is 0 Å². The average Bonchev–Trinajstić information content (AvgIpc) is 1.33. The number of carbonyl (C=O) groups is 4. The molecule has 17 nitrogen and oxygen atoms in total. The van der Waals surface area contributed by atoms with E-state index in [0.29, 0.717) is 31.6 Å². The molecule has 0 saturated heterocycles. The molecule has 0 heterocycles. The molecule has 6 atom stereocenters. The highest BCUT2D eigenvalue weighted by atomic mass is 31.2. The number of ether oxygens (including phenoxy) is 4. The van der Waals surface area contributed by atoms with Crippen molar-refractivity contribution in [3.63, 3.8) is 0 Å². The Labute approximate surface area is 588 Å². The fraction of sp³-hybridized carbons (Fsp3) is 0.948. The minimum atomic E-state index is -4.96. The third-order valence-corrected chi connectivity index (χ3v) is 20.1. The molecule has 96 heavy (non-hydrogen) atoms. The van der Waals surface area contributed by atoms with Gasteiger partial charge in [0.2, 0.25) is 0 Å². The normalized spacial score (nSPS) is 14.4. The molecule has 570 valence electrons. The maximum Gasteiger partial charge on any atom is 0.472 e. The summed E-state index contributed by atoms with van der Waals surface area (Å²) < 4.78 is 68.5. The SMILES string of the molecule is CCC(C)CCCCCCCCCCCCC(=O)O[C@H](COC(=O)CCCCCCCCCC(C)C)COP(=O)(O)OCC(O)COP(=O)(O)OC[C@@H](COC(=O)CCCCCCCCCCC(C)C)OC(=O)CCCCCCCCCCCCCCCCCCCCC(C)C. The first kappa shape index (κ1) is 94.1. The van der Waals surface area contributed by atoms with E-state index < -0.39 is 97.5 Å². The number of unbranched alkanes of at least 4 members (excludes halogenated alkanes) is 39. The first-order valence-electron chi connectivity index (χ1n) is 39.7. The zero-order chi connectivity index (χ0) is 71.0. The third kappa shape index (κ3) is 69.2. The Kier molecular flexibility index (Phi) is 65.0. The van der Waals surface area contributed by atoms with Crippen LogP contribution in [0.25, 0.3) is 0 Å². The van der Waals surface area contributed by atoms with Crippen molar-refractivity contribution in [2.75, 3.05) is 39.6 Å². The molecule has 0 spiro atoms. The van der Waals surface area contributed by atoms with Gasteiger partial charge in [0.25, 0.3) is 0 Å². The van der Waals surface area contributed by atoms with Crippen LogP contribution in [0.2, 0.25) is 0 Å². The number of phosphoric ester groups is 2. The molecule has 0 amide bonds. The fourth-order valence-corrected chi connectivity index (χ4v) is 13.3. The van der Waals surface area contributed by atoms with Crippen LogP contribution in [0.3, 0.4) is 0 Å². The van der Waals surface area contributed by atoms with Crippen LogP contribution in [0, 0.1) is 23.7 Å². The Hall–Kier alpha value is -1.94. The summed E-state index contributed by atoms with van der Waals surface area (Å²) in [5.74, 6) is 0.933. The van der Waals surface area contributed by atoms with Gasteiger partial charge in [-0.2, -0.15) is 0 Å². The number of aliphatic hydroxyl groups excluding tert-OH is 1. The lowest BCUT2D eigenvalue weighted by Gasteiger charge is -2.21. The summed E-state index contributed by atoms with van der Waals surface area (Å²) in [6.45, 7) is 14.2. The molecule has 0 aliphatic carbocycles. The Bertz CT molecular complexity index is 1890. The molecule has 0 aromatic carbocycles. The lowest BCUT2D eigenvalue weighted by atomic mass is 9.99. The highest BCUT2D eigenvalue weighted by molar-refractivity contribution is 7.47. The molecule has 0 aromatic heterocycles. The quantitative estimate of drug-likeness (QED) is 0.0222. The van der Waals surface area contributed by atoms with Crippen LogP contribution in [0.15, 0.2) is 0 Å². The number of hydrogen-bond donors (Lipinski definition) is 3. The third-order valence-electron chi connectivity index (χ3n) is 18.2. The van der Waals surface area contributed by atoms with Gasteiger partial charge >= 0.3 is 39.5 Å². The summed E-state index contributed by atoms with van der Waals surface area (Å²) in [5, 5.41) is 10.6. The monoisotopic (exact) mass is 1410 g/mol. The van der Waals surface area contributed by atoms with Crippen molar-refractivity contribution < 1.29 is 80.2 Å². The van der Waals surface area contributed by atoms with E-state index in [9.17, 15) is 43.2 Å².